The Morgan fingerprint density at radius 3 is 2.55 bits per heavy atom. The van der Waals surface area contributed by atoms with E-state index >= 15 is 0 Å². The molecule has 5 heteroatoms. The summed E-state index contributed by atoms with van der Waals surface area (Å²) < 4.78 is 15.6. The lowest BCUT2D eigenvalue weighted by atomic mass is 10.0. The van der Waals surface area contributed by atoms with E-state index in [2.05, 4.69) is 10.1 Å². The van der Waals surface area contributed by atoms with Gasteiger partial charge in [0.15, 0.2) is 0 Å². The molecule has 0 saturated heterocycles. The van der Waals surface area contributed by atoms with Gasteiger partial charge in [-0.2, -0.15) is 5.10 Å². The molecule has 0 spiro atoms. The van der Waals surface area contributed by atoms with E-state index in [1.807, 2.05) is 18.2 Å². The number of hydrogen-bond acceptors (Lipinski definition) is 3. The molecule has 0 aliphatic rings. The zero-order valence-corrected chi connectivity index (χ0v) is 10.9. The molecule has 0 aliphatic heterocycles. The highest BCUT2D eigenvalue weighted by molar-refractivity contribution is 5.87. The molecule has 0 aliphatic carbocycles. The van der Waals surface area contributed by atoms with Crippen molar-refractivity contribution in [1.82, 2.24) is 14.8 Å². The topological polar surface area (TPSA) is 56.7 Å². The van der Waals surface area contributed by atoms with Gasteiger partial charge in [-0.3, -0.25) is 9.67 Å². The SMILES string of the molecule is Cn1nc(-c2ccccn2)c(-c2ccccc2F)c1N. The molecular weight excluding hydrogens is 255 g/mol. The van der Waals surface area contributed by atoms with Crippen LogP contribution in [0.5, 0.6) is 0 Å². The van der Waals surface area contributed by atoms with Crippen molar-refractivity contribution in [2.24, 2.45) is 7.05 Å². The summed E-state index contributed by atoms with van der Waals surface area (Å²) in [6, 6.07) is 12.0. The van der Waals surface area contributed by atoms with Crippen LogP contribution in [0.15, 0.2) is 48.7 Å². The molecule has 0 radical (unpaired) electrons. The van der Waals surface area contributed by atoms with Crippen molar-refractivity contribution in [3.05, 3.63) is 54.5 Å². The van der Waals surface area contributed by atoms with E-state index in [4.69, 9.17) is 5.73 Å². The van der Waals surface area contributed by atoms with Gasteiger partial charge in [0, 0.05) is 18.8 Å². The fraction of sp³-hybridized carbons (Fsp3) is 0.0667. The van der Waals surface area contributed by atoms with E-state index in [-0.39, 0.29) is 5.82 Å². The zero-order chi connectivity index (χ0) is 14.1. The molecule has 3 rings (SSSR count). The second-order valence-electron chi connectivity index (χ2n) is 4.43. The first-order valence-corrected chi connectivity index (χ1v) is 6.17. The first kappa shape index (κ1) is 12.3. The van der Waals surface area contributed by atoms with Crippen LogP contribution in [-0.4, -0.2) is 14.8 Å². The van der Waals surface area contributed by atoms with Gasteiger partial charge >= 0.3 is 0 Å². The highest BCUT2D eigenvalue weighted by Gasteiger charge is 2.20. The highest BCUT2D eigenvalue weighted by Crippen LogP contribution is 2.36. The third-order valence-corrected chi connectivity index (χ3v) is 3.14. The van der Waals surface area contributed by atoms with Crippen molar-refractivity contribution in [2.45, 2.75) is 0 Å². The quantitative estimate of drug-likeness (QED) is 0.777. The summed E-state index contributed by atoms with van der Waals surface area (Å²) in [4.78, 5) is 4.27. The number of pyridine rings is 1. The molecular formula is C15H13FN4. The second kappa shape index (κ2) is 4.77. The maximum Gasteiger partial charge on any atom is 0.131 e. The van der Waals surface area contributed by atoms with E-state index in [9.17, 15) is 4.39 Å². The Morgan fingerprint density at radius 1 is 1.10 bits per heavy atom. The standard InChI is InChI=1S/C15H13FN4/c1-20-15(17)13(10-6-2-3-7-11(10)16)14(19-20)12-8-4-5-9-18-12/h2-9H,17H2,1H3. The minimum absolute atomic E-state index is 0.329. The molecule has 0 saturated carbocycles. The van der Waals surface area contributed by atoms with Crippen LogP contribution in [0.4, 0.5) is 10.2 Å². The molecule has 1 aromatic carbocycles. The molecule has 2 N–H and O–H groups in total. The summed E-state index contributed by atoms with van der Waals surface area (Å²) >= 11 is 0. The average Bonchev–Trinajstić information content (AvgIpc) is 2.77. The monoisotopic (exact) mass is 268 g/mol. The number of anilines is 1. The first-order chi connectivity index (χ1) is 9.68. The normalized spacial score (nSPS) is 10.7. The van der Waals surface area contributed by atoms with Gasteiger partial charge in [0.25, 0.3) is 0 Å². The maximum atomic E-state index is 14.0. The Hall–Kier alpha value is -2.69. The molecule has 3 aromatic rings. The lowest BCUT2D eigenvalue weighted by molar-refractivity contribution is 0.631. The molecule has 0 unspecified atom stereocenters. The predicted octanol–water partition coefficient (Wildman–Crippen LogP) is 2.87. The highest BCUT2D eigenvalue weighted by atomic mass is 19.1. The van der Waals surface area contributed by atoms with Gasteiger partial charge in [-0.1, -0.05) is 24.3 Å². The van der Waals surface area contributed by atoms with E-state index in [0.717, 1.165) is 0 Å². The third kappa shape index (κ3) is 1.93. The summed E-state index contributed by atoms with van der Waals surface area (Å²) in [5.74, 6) is 0.0835. The van der Waals surface area contributed by atoms with Crippen molar-refractivity contribution < 1.29 is 4.39 Å². The minimum atomic E-state index is -0.329. The molecule has 20 heavy (non-hydrogen) atoms. The predicted molar refractivity (Wildman–Crippen MR) is 76.2 cm³/mol. The van der Waals surface area contributed by atoms with Gasteiger partial charge in [-0.25, -0.2) is 4.39 Å². The van der Waals surface area contributed by atoms with Crippen LogP contribution in [0.1, 0.15) is 0 Å². The van der Waals surface area contributed by atoms with Crippen molar-refractivity contribution in [1.29, 1.82) is 0 Å². The molecule has 0 atom stereocenters. The molecule has 2 heterocycles. The number of aryl methyl sites for hydroxylation is 1. The van der Waals surface area contributed by atoms with Gasteiger partial charge in [0.1, 0.15) is 17.3 Å². The summed E-state index contributed by atoms with van der Waals surface area (Å²) in [6.45, 7) is 0. The fourth-order valence-electron chi connectivity index (χ4n) is 2.15. The third-order valence-electron chi connectivity index (χ3n) is 3.14. The van der Waals surface area contributed by atoms with Gasteiger partial charge in [-0.15, -0.1) is 0 Å². The lowest BCUT2D eigenvalue weighted by Gasteiger charge is -2.05. The van der Waals surface area contributed by atoms with Gasteiger partial charge in [0.05, 0.1) is 11.3 Å². The molecule has 100 valence electrons. The Labute approximate surface area is 115 Å². The molecule has 0 amide bonds. The minimum Gasteiger partial charge on any atom is -0.383 e. The summed E-state index contributed by atoms with van der Waals surface area (Å²) in [5, 5.41) is 4.36. The molecule has 0 fully saturated rings. The van der Waals surface area contributed by atoms with Gasteiger partial charge in [-0.05, 0) is 18.2 Å². The summed E-state index contributed by atoms with van der Waals surface area (Å²) in [6.07, 6.45) is 1.67. The number of nitrogens with two attached hydrogens (primary N) is 1. The van der Waals surface area contributed by atoms with Crippen LogP contribution in [0.3, 0.4) is 0 Å². The summed E-state index contributed by atoms with van der Waals surface area (Å²) in [5.41, 5.74) is 8.29. The number of nitrogen functional groups attached to an aromatic ring is 1. The number of rotatable bonds is 2. The molecule has 4 nitrogen and oxygen atoms in total. The number of aromatic nitrogens is 3. The number of benzene rings is 1. The molecule has 2 aromatic heterocycles. The lowest BCUT2D eigenvalue weighted by Crippen LogP contribution is -1.98. The second-order valence-corrected chi connectivity index (χ2v) is 4.43. The Bertz CT molecular complexity index is 750. The molecule has 0 bridgehead atoms. The van der Waals surface area contributed by atoms with Crippen LogP contribution in [0.25, 0.3) is 22.5 Å². The van der Waals surface area contributed by atoms with Crippen LogP contribution in [0, 0.1) is 5.82 Å². The smallest absolute Gasteiger partial charge is 0.131 e. The van der Waals surface area contributed by atoms with Crippen LogP contribution >= 0.6 is 0 Å². The van der Waals surface area contributed by atoms with E-state index in [1.165, 1.54) is 10.7 Å². The van der Waals surface area contributed by atoms with Gasteiger partial charge in [0.2, 0.25) is 0 Å². The van der Waals surface area contributed by atoms with E-state index in [0.29, 0.717) is 28.3 Å². The number of nitrogens with zero attached hydrogens (tertiary/aromatic N) is 3. The first-order valence-electron chi connectivity index (χ1n) is 6.17. The van der Waals surface area contributed by atoms with Crippen LogP contribution in [-0.2, 0) is 7.05 Å². The zero-order valence-electron chi connectivity index (χ0n) is 10.9. The van der Waals surface area contributed by atoms with Crippen molar-refractivity contribution >= 4 is 5.82 Å². The van der Waals surface area contributed by atoms with E-state index in [1.54, 1.807) is 31.4 Å². The Balaban J connectivity index is 2.29. The maximum absolute atomic E-state index is 14.0. The fourth-order valence-corrected chi connectivity index (χ4v) is 2.15. The summed E-state index contributed by atoms with van der Waals surface area (Å²) in [7, 11) is 1.73. The van der Waals surface area contributed by atoms with Crippen LogP contribution in [0.2, 0.25) is 0 Å². The average molecular weight is 268 g/mol. The van der Waals surface area contributed by atoms with Crippen molar-refractivity contribution in [2.75, 3.05) is 5.73 Å². The van der Waals surface area contributed by atoms with Crippen LogP contribution < -0.4 is 5.73 Å². The van der Waals surface area contributed by atoms with Crippen molar-refractivity contribution in [3.63, 3.8) is 0 Å². The number of hydrogen-bond donors (Lipinski definition) is 1. The Kier molecular flexibility index (Phi) is 2.95. The van der Waals surface area contributed by atoms with Crippen molar-refractivity contribution in [3.8, 4) is 22.5 Å². The number of halogens is 1. The van der Waals surface area contributed by atoms with Gasteiger partial charge < -0.3 is 5.73 Å². The Morgan fingerprint density at radius 2 is 1.85 bits per heavy atom. The largest absolute Gasteiger partial charge is 0.383 e. The van der Waals surface area contributed by atoms with E-state index < -0.39 is 0 Å².